The Kier molecular flexibility index (Phi) is 5.04. The van der Waals surface area contributed by atoms with Gasteiger partial charge in [-0.25, -0.2) is 0 Å². The van der Waals surface area contributed by atoms with E-state index in [1.165, 1.54) is 63.0 Å². The fraction of sp³-hybridized carbons (Fsp3) is 0.550. The quantitative estimate of drug-likeness (QED) is 0.908. The molecule has 2 aliphatic heterocycles. The number of benzene rings is 1. The van der Waals surface area contributed by atoms with Crippen LogP contribution < -0.4 is 4.74 Å². The average molecular weight is 340 g/mol. The second kappa shape index (κ2) is 7.58. The number of likely N-dealkylation sites (tertiary alicyclic amines) is 2. The van der Waals surface area contributed by atoms with Crippen LogP contribution in [0.25, 0.3) is 11.3 Å². The van der Waals surface area contributed by atoms with Gasteiger partial charge in [0, 0.05) is 30.3 Å². The van der Waals surface area contributed by atoms with Gasteiger partial charge in [-0.05, 0) is 69.6 Å². The molecular weight excluding hydrogens is 312 g/mol. The first-order valence-electron chi connectivity index (χ1n) is 9.46. The van der Waals surface area contributed by atoms with E-state index >= 15 is 0 Å². The van der Waals surface area contributed by atoms with Crippen LogP contribution in [-0.4, -0.2) is 59.3 Å². The Hall–Kier alpha value is -1.85. The molecule has 134 valence electrons. The first kappa shape index (κ1) is 16.6. The van der Waals surface area contributed by atoms with Crippen molar-refractivity contribution in [3.05, 3.63) is 36.0 Å². The van der Waals surface area contributed by atoms with Crippen LogP contribution in [0.5, 0.6) is 5.75 Å². The number of hydrogen-bond acceptors (Lipinski definition) is 4. The van der Waals surface area contributed by atoms with E-state index < -0.39 is 0 Å². The summed E-state index contributed by atoms with van der Waals surface area (Å²) < 4.78 is 5.26. The molecule has 0 amide bonds. The highest BCUT2D eigenvalue weighted by molar-refractivity contribution is 5.63. The maximum absolute atomic E-state index is 5.26. The van der Waals surface area contributed by atoms with Gasteiger partial charge in [-0.1, -0.05) is 0 Å². The maximum Gasteiger partial charge on any atom is 0.118 e. The molecule has 1 N–H and O–H groups in total. The van der Waals surface area contributed by atoms with Crippen LogP contribution in [0.2, 0.25) is 0 Å². The SMILES string of the molecule is COc1ccc(-c2[nH]ncc2CN2CCCC(N3CCCC3)C2)cc1. The summed E-state index contributed by atoms with van der Waals surface area (Å²) in [6.45, 7) is 5.94. The zero-order chi connectivity index (χ0) is 17.1. The van der Waals surface area contributed by atoms with Crippen molar-refractivity contribution in [1.82, 2.24) is 20.0 Å². The van der Waals surface area contributed by atoms with E-state index in [0.717, 1.165) is 24.0 Å². The molecule has 0 bridgehead atoms. The van der Waals surface area contributed by atoms with Crippen molar-refractivity contribution in [3.63, 3.8) is 0 Å². The van der Waals surface area contributed by atoms with Gasteiger partial charge < -0.3 is 4.74 Å². The van der Waals surface area contributed by atoms with Crippen LogP contribution in [0.15, 0.2) is 30.5 Å². The Morgan fingerprint density at radius 1 is 1.12 bits per heavy atom. The highest BCUT2D eigenvalue weighted by atomic mass is 16.5. The van der Waals surface area contributed by atoms with Gasteiger partial charge in [-0.3, -0.25) is 14.9 Å². The molecule has 1 aromatic carbocycles. The topological polar surface area (TPSA) is 44.4 Å². The highest BCUT2D eigenvalue weighted by Gasteiger charge is 2.27. The van der Waals surface area contributed by atoms with E-state index in [-0.39, 0.29) is 0 Å². The summed E-state index contributed by atoms with van der Waals surface area (Å²) in [5.74, 6) is 0.884. The van der Waals surface area contributed by atoms with E-state index in [0.29, 0.717) is 0 Å². The number of aromatic nitrogens is 2. The Morgan fingerprint density at radius 2 is 1.92 bits per heavy atom. The summed E-state index contributed by atoms with van der Waals surface area (Å²) in [6, 6.07) is 8.94. The molecule has 2 aliphatic rings. The molecule has 5 heteroatoms. The molecule has 2 aromatic rings. The van der Waals surface area contributed by atoms with Gasteiger partial charge in [0.25, 0.3) is 0 Å². The van der Waals surface area contributed by atoms with Crippen LogP contribution >= 0.6 is 0 Å². The van der Waals surface area contributed by atoms with Crippen molar-refractivity contribution in [2.24, 2.45) is 0 Å². The lowest BCUT2D eigenvalue weighted by molar-refractivity contribution is 0.111. The molecular formula is C20H28N4O. The van der Waals surface area contributed by atoms with Crippen LogP contribution in [0.4, 0.5) is 0 Å². The number of rotatable bonds is 5. The first-order valence-corrected chi connectivity index (χ1v) is 9.46. The largest absolute Gasteiger partial charge is 0.497 e. The lowest BCUT2D eigenvalue weighted by atomic mass is 10.0. The van der Waals surface area contributed by atoms with Crippen LogP contribution in [-0.2, 0) is 6.54 Å². The molecule has 5 nitrogen and oxygen atoms in total. The van der Waals surface area contributed by atoms with E-state index in [2.05, 4.69) is 32.1 Å². The van der Waals surface area contributed by atoms with Crippen molar-refractivity contribution in [2.75, 3.05) is 33.3 Å². The zero-order valence-electron chi connectivity index (χ0n) is 15.1. The van der Waals surface area contributed by atoms with Gasteiger partial charge in [0.1, 0.15) is 5.75 Å². The third-order valence-corrected chi connectivity index (χ3v) is 5.63. The van der Waals surface area contributed by atoms with Crippen molar-refractivity contribution in [3.8, 4) is 17.0 Å². The standard InChI is InChI=1S/C20H28N4O/c1-25-19-8-6-16(7-9-19)20-17(13-21-22-20)14-23-10-4-5-18(15-23)24-11-2-3-12-24/h6-9,13,18H,2-5,10-12,14-15H2,1H3,(H,21,22). The van der Waals surface area contributed by atoms with E-state index in [1.54, 1.807) is 7.11 Å². The van der Waals surface area contributed by atoms with Gasteiger partial charge >= 0.3 is 0 Å². The number of hydrogen-bond donors (Lipinski definition) is 1. The van der Waals surface area contributed by atoms with Crippen molar-refractivity contribution < 1.29 is 4.74 Å². The van der Waals surface area contributed by atoms with E-state index in [1.807, 2.05) is 18.3 Å². The zero-order valence-corrected chi connectivity index (χ0v) is 15.1. The summed E-state index contributed by atoms with van der Waals surface area (Å²) in [6.07, 6.45) is 7.39. The fourth-order valence-electron chi connectivity index (χ4n) is 4.26. The Labute approximate surface area is 150 Å². The molecule has 4 rings (SSSR count). The Bertz CT molecular complexity index is 675. The Balaban J connectivity index is 1.44. The molecule has 0 spiro atoms. The highest BCUT2D eigenvalue weighted by Crippen LogP contribution is 2.26. The van der Waals surface area contributed by atoms with Gasteiger partial charge in [-0.2, -0.15) is 5.10 Å². The number of nitrogens with one attached hydrogen (secondary N) is 1. The van der Waals surface area contributed by atoms with Gasteiger partial charge in [-0.15, -0.1) is 0 Å². The number of piperidine rings is 1. The number of nitrogens with zero attached hydrogens (tertiary/aromatic N) is 3. The molecule has 3 heterocycles. The molecule has 2 saturated heterocycles. The van der Waals surface area contributed by atoms with Crippen LogP contribution in [0, 0.1) is 0 Å². The lowest BCUT2D eigenvalue weighted by Gasteiger charge is -2.37. The maximum atomic E-state index is 5.26. The summed E-state index contributed by atoms with van der Waals surface area (Å²) in [7, 11) is 1.70. The van der Waals surface area contributed by atoms with E-state index in [4.69, 9.17) is 4.74 Å². The molecule has 1 unspecified atom stereocenters. The Morgan fingerprint density at radius 3 is 2.68 bits per heavy atom. The molecule has 0 aliphatic carbocycles. The van der Waals surface area contributed by atoms with Crippen LogP contribution in [0.1, 0.15) is 31.2 Å². The number of methoxy groups -OCH3 is 1. The van der Waals surface area contributed by atoms with Gasteiger partial charge in [0.2, 0.25) is 0 Å². The number of aromatic amines is 1. The second-order valence-corrected chi connectivity index (χ2v) is 7.27. The van der Waals surface area contributed by atoms with Crippen molar-refractivity contribution in [1.29, 1.82) is 0 Å². The number of ether oxygens (including phenoxy) is 1. The van der Waals surface area contributed by atoms with Gasteiger partial charge in [0.15, 0.2) is 0 Å². The minimum Gasteiger partial charge on any atom is -0.497 e. The minimum atomic E-state index is 0.743. The third-order valence-electron chi connectivity index (χ3n) is 5.63. The van der Waals surface area contributed by atoms with Crippen LogP contribution in [0.3, 0.4) is 0 Å². The average Bonchev–Trinajstić information content (AvgIpc) is 3.34. The monoisotopic (exact) mass is 340 g/mol. The predicted octanol–water partition coefficient (Wildman–Crippen LogP) is 3.15. The smallest absolute Gasteiger partial charge is 0.118 e. The normalized spacial score (nSPS) is 22.4. The molecule has 2 fully saturated rings. The van der Waals surface area contributed by atoms with Gasteiger partial charge in [0.05, 0.1) is 19.0 Å². The molecule has 0 saturated carbocycles. The molecule has 0 radical (unpaired) electrons. The summed E-state index contributed by atoms with van der Waals surface area (Å²) >= 11 is 0. The predicted molar refractivity (Wildman–Crippen MR) is 99.7 cm³/mol. The minimum absolute atomic E-state index is 0.743. The number of H-pyrrole nitrogens is 1. The van der Waals surface area contributed by atoms with E-state index in [9.17, 15) is 0 Å². The first-order chi connectivity index (χ1) is 12.3. The summed E-state index contributed by atoms with van der Waals surface area (Å²) in [5.41, 5.74) is 3.58. The fourth-order valence-corrected chi connectivity index (χ4v) is 4.26. The molecule has 25 heavy (non-hydrogen) atoms. The third kappa shape index (κ3) is 3.72. The summed E-state index contributed by atoms with van der Waals surface area (Å²) in [5, 5.41) is 7.50. The van der Waals surface area contributed by atoms with Crippen molar-refractivity contribution in [2.45, 2.75) is 38.3 Å². The lowest BCUT2D eigenvalue weighted by Crippen LogP contribution is -2.46. The summed E-state index contributed by atoms with van der Waals surface area (Å²) in [4.78, 5) is 5.30. The second-order valence-electron chi connectivity index (χ2n) is 7.27. The molecule has 1 atom stereocenters. The molecule has 1 aromatic heterocycles. The van der Waals surface area contributed by atoms with Crippen molar-refractivity contribution >= 4 is 0 Å².